The molecule has 4 heteroatoms. The van der Waals surface area contributed by atoms with Crippen LogP contribution in [0.3, 0.4) is 0 Å². The average Bonchev–Trinajstić information content (AvgIpc) is 2.16. The van der Waals surface area contributed by atoms with E-state index in [0.717, 1.165) is 12.1 Å². The van der Waals surface area contributed by atoms with E-state index in [0.29, 0.717) is 17.8 Å². The van der Waals surface area contributed by atoms with E-state index in [4.69, 9.17) is 9.47 Å². The molecule has 0 saturated carbocycles. The maximum absolute atomic E-state index is 5.05. The molecule has 0 bridgehead atoms. The molecule has 0 aliphatic heterocycles. The van der Waals surface area contributed by atoms with E-state index in [1.807, 2.05) is 6.07 Å². The summed E-state index contributed by atoms with van der Waals surface area (Å²) >= 11 is 0. The quantitative estimate of drug-likeness (QED) is 0.735. The van der Waals surface area contributed by atoms with Gasteiger partial charge in [-0.15, -0.1) is 0 Å². The lowest BCUT2D eigenvalue weighted by atomic mass is 10.1. The van der Waals surface area contributed by atoms with Gasteiger partial charge in [-0.25, -0.2) is 4.98 Å². The summed E-state index contributed by atoms with van der Waals surface area (Å²) in [5.41, 5.74) is 0.948. The first-order valence-electron chi connectivity index (χ1n) is 4.61. The average molecular weight is 196 g/mol. The van der Waals surface area contributed by atoms with Crippen LogP contribution in [0.15, 0.2) is 6.07 Å². The summed E-state index contributed by atoms with van der Waals surface area (Å²) in [6, 6.07) is 2.20. The smallest absolute Gasteiger partial charge is 0.319 e. The lowest BCUT2D eigenvalue weighted by molar-refractivity contribution is 0.349. The first kappa shape index (κ1) is 10.8. The minimum atomic E-state index is 0.361. The van der Waals surface area contributed by atoms with Crippen LogP contribution in [0.5, 0.6) is 11.9 Å². The molecular formula is C10H16N2O2. The van der Waals surface area contributed by atoms with Crippen LogP contribution in [-0.2, 0) is 6.42 Å². The Balaban J connectivity index is 2.92. The second-order valence-corrected chi connectivity index (χ2v) is 3.49. The summed E-state index contributed by atoms with van der Waals surface area (Å²) in [4.78, 5) is 8.25. The summed E-state index contributed by atoms with van der Waals surface area (Å²) in [7, 11) is 3.13. The highest BCUT2D eigenvalue weighted by molar-refractivity contribution is 5.18. The molecule has 1 aromatic rings. The molecule has 0 aromatic carbocycles. The molecule has 0 radical (unpaired) electrons. The Morgan fingerprint density at radius 2 is 1.93 bits per heavy atom. The number of rotatable bonds is 4. The van der Waals surface area contributed by atoms with Crippen molar-refractivity contribution in [1.29, 1.82) is 0 Å². The molecule has 4 nitrogen and oxygen atoms in total. The van der Waals surface area contributed by atoms with Crippen molar-refractivity contribution in [2.75, 3.05) is 14.2 Å². The van der Waals surface area contributed by atoms with Crippen LogP contribution < -0.4 is 9.47 Å². The van der Waals surface area contributed by atoms with Crippen LogP contribution in [0, 0.1) is 5.92 Å². The molecule has 0 saturated heterocycles. The number of hydrogen-bond donors (Lipinski definition) is 0. The molecule has 0 fully saturated rings. The van der Waals surface area contributed by atoms with Crippen LogP contribution in [-0.4, -0.2) is 24.2 Å². The van der Waals surface area contributed by atoms with Gasteiger partial charge in [-0.2, -0.15) is 4.98 Å². The van der Waals surface area contributed by atoms with E-state index in [9.17, 15) is 0 Å². The lowest BCUT2D eigenvalue weighted by Gasteiger charge is -2.07. The molecule has 1 rings (SSSR count). The highest BCUT2D eigenvalue weighted by Crippen LogP contribution is 2.15. The summed E-state index contributed by atoms with van der Waals surface area (Å²) in [6.07, 6.45) is 0.898. The molecule has 0 N–H and O–H groups in total. The summed E-state index contributed by atoms with van der Waals surface area (Å²) in [6.45, 7) is 4.28. The molecule has 0 spiro atoms. The topological polar surface area (TPSA) is 44.2 Å². The fourth-order valence-corrected chi connectivity index (χ4v) is 1.17. The van der Waals surface area contributed by atoms with Crippen molar-refractivity contribution in [1.82, 2.24) is 9.97 Å². The largest absolute Gasteiger partial charge is 0.481 e. The van der Waals surface area contributed by atoms with Gasteiger partial charge in [-0.3, -0.25) is 0 Å². The molecule has 78 valence electrons. The molecule has 0 aliphatic rings. The fraction of sp³-hybridized carbons (Fsp3) is 0.600. The molecule has 1 aromatic heterocycles. The highest BCUT2D eigenvalue weighted by Gasteiger charge is 2.06. The van der Waals surface area contributed by atoms with Crippen molar-refractivity contribution in [3.05, 3.63) is 11.8 Å². The van der Waals surface area contributed by atoms with Gasteiger partial charge in [0.15, 0.2) is 0 Å². The highest BCUT2D eigenvalue weighted by atomic mass is 16.5. The SMILES string of the molecule is COc1cc(CC(C)C)nc(OC)n1. The summed E-state index contributed by atoms with van der Waals surface area (Å²) in [5.74, 6) is 1.10. The van der Waals surface area contributed by atoms with Crippen molar-refractivity contribution in [3.63, 3.8) is 0 Å². The van der Waals surface area contributed by atoms with Gasteiger partial charge >= 0.3 is 6.01 Å². The molecule has 0 aliphatic carbocycles. The van der Waals surface area contributed by atoms with E-state index in [1.54, 1.807) is 14.2 Å². The number of aromatic nitrogens is 2. The first-order chi connectivity index (χ1) is 6.65. The normalized spacial score (nSPS) is 10.4. The van der Waals surface area contributed by atoms with Gasteiger partial charge in [-0.05, 0) is 12.3 Å². The van der Waals surface area contributed by atoms with Crippen molar-refractivity contribution in [2.24, 2.45) is 5.92 Å². The third-order valence-electron chi connectivity index (χ3n) is 1.74. The maximum atomic E-state index is 5.05. The summed E-state index contributed by atoms with van der Waals surface area (Å²) in [5, 5.41) is 0. The number of hydrogen-bond acceptors (Lipinski definition) is 4. The molecule has 0 atom stereocenters. The van der Waals surface area contributed by atoms with Gasteiger partial charge in [0, 0.05) is 6.07 Å². The Labute approximate surface area is 84.3 Å². The monoisotopic (exact) mass is 196 g/mol. The van der Waals surface area contributed by atoms with Gasteiger partial charge in [-0.1, -0.05) is 13.8 Å². The molecule has 0 amide bonds. The minimum Gasteiger partial charge on any atom is -0.481 e. The van der Waals surface area contributed by atoms with Crippen molar-refractivity contribution in [3.8, 4) is 11.9 Å². The number of ether oxygens (including phenoxy) is 2. The Morgan fingerprint density at radius 1 is 1.21 bits per heavy atom. The van der Waals surface area contributed by atoms with Gasteiger partial charge in [0.1, 0.15) is 0 Å². The third kappa shape index (κ3) is 2.87. The van der Waals surface area contributed by atoms with E-state index >= 15 is 0 Å². The van der Waals surface area contributed by atoms with Crippen LogP contribution in [0.1, 0.15) is 19.5 Å². The molecule has 1 heterocycles. The Hall–Kier alpha value is -1.32. The zero-order chi connectivity index (χ0) is 10.6. The van der Waals surface area contributed by atoms with E-state index in [-0.39, 0.29) is 0 Å². The zero-order valence-electron chi connectivity index (χ0n) is 9.07. The Morgan fingerprint density at radius 3 is 2.43 bits per heavy atom. The van der Waals surface area contributed by atoms with Gasteiger partial charge in [0.05, 0.1) is 19.9 Å². The lowest BCUT2D eigenvalue weighted by Crippen LogP contribution is -2.02. The predicted octanol–water partition coefficient (Wildman–Crippen LogP) is 1.69. The first-order valence-corrected chi connectivity index (χ1v) is 4.61. The fourth-order valence-electron chi connectivity index (χ4n) is 1.17. The van der Waals surface area contributed by atoms with Crippen molar-refractivity contribution < 1.29 is 9.47 Å². The van der Waals surface area contributed by atoms with Crippen molar-refractivity contribution >= 4 is 0 Å². The Bertz CT molecular complexity index is 278. The molecule has 14 heavy (non-hydrogen) atoms. The second-order valence-electron chi connectivity index (χ2n) is 3.49. The zero-order valence-corrected chi connectivity index (χ0v) is 9.07. The molecule has 0 unspecified atom stereocenters. The van der Waals surface area contributed by atoms with Crippen LogP contribution in [0.25, 0.3) is 0 Å². The standard InChI is InChI=1S/C10H16N2O2/c1-7(2)5-8-6-9(13-3)12-10(11-8)14-4/h6-7H,5H2,1-4H3. The molecular weight excluding hydrogens is 180 g/mol. The van der Waals surface area contributed by atoms with Gasteiger partial charge < -0.3 is 9.47 Å². The Kier molecular flexibility index (Phi) is 3.68. The maximum Gasteiger partial charge on any atom is 0.319 e. The number of methoxy groups -OCH3 is 2. The van der Waals surface area contributed by atoms with Crippen LogP contribution >= 0.6 is 0 Å². The van der Waals surface area contributed by atoms with Gasteiger partial charge in [0.25, 0.3) is 0 Å². The van der Waals surface area contributed by atoms with Gasteiger partial charge in [0.2, 0.25) is 5.88 Å². The van der Waals surface area contributed by atoms with Crippen LogP contribution in [0.4, 0.5) is 0 Å². The van der Waals surface area contributed by atoms with Crippen molar-refractivity contribution in [2.45, 2.75) is 20.3 Å². The van der Waals surface area contributed by atoms with E-state index in [2.05, 4.69) is 23.8 Å². The number of nitrogens with zero attached hydrogens (tertiary/aromatic N) is 2. The van der Waals surface area contributed by atoms with E-state index < -0.39 is 0 Å². The summed E-state index contributed by atoms with van der Waals surface area (Å²) < 4.78 is 10.0. The minimum absolute atomic E-state index is 0.361. The third-order valence-corrected chi connectivity index (χ3v) is 1.74. The van der Waals surface area contributed by atoms with E-state index in [1.165, 1.54) is 0 Å². The second kappa shape index (κ2) is 4.79. The van der Waals surface area contributed by atoms with Crippen LogP contribution in [0.2, 0.25) is 0 Å². The predicted molar refractivity (Wildman–Crippen MR) is 53.7 cm³/mol.